The summed E-state index contributed by atoms with van der Waals surface area (Å²) in [7, 11) is 0. The molecule has 0 saturated heterocycles. The minimum Gasteiger partial charge on any atom is -0.312 e. The van der Waals surface area contributed by atoms with Crippen LogP contribution in [-0.4, -0.2) is 14.8 Å². The van der Waals surface area contributed by atoms with E-state index < -0.39 is 0 Å². The number of rotatable bonds is 1. The Morgan fingerprint density at radius 1 is 1.56 bits per heavy atom. The van der Waals surface area contributed by atoms with Gasteiger partial charge in [-0.05, 0) is 13.8 Å². The number of nitrogens with zero attached hydrogens (tertiary/aromatic N) is 3. The minimum atomic E-state index is 0.409. The molecular weight excluding hydrogens is 116 g/mol. The normalized spacial score (nSPS) is 10.1. The van der Waals surface area contributed by atoms with Gasteiger partial charge in [0, 0.05) is 0 Å². The number of aryl methyl sites for hydroxylation is 2. The predicted molar refractivity (Wildman–Crippen MR) is 33.7 cm³/mol. The summed E-state index contributed by atoms with van der Waals surface area (Å²) >= 11 is 0. The van der Waals surface area contributed by atoms with Gasteiger partial charge in [0.1, 0.15) is 11.6 Å². The lowest BCUT2D eigenvalue weighted by molar-refractivity contribution is 0.612. The first kappa shape index (κ1) is 6.22. The topological polar surface area (TPSA) is 56.7 Å². The van der Waals surface area contributed by atoms with E-state index in [0.717, 1.165) is 11.6 Å². The summed E-state index contributed by atoms with van der Waals surface area (Å²) in [5, 5.41) is 4.01. The van der Waals surface area contributed by atoms with E-state index in [-0.39, 0.29) is 0 Å². The van der Waals surface area contributed by atoms with Gasteiger partial charge in [-0.2, -0.15) is 5.10 Å². The van der Waals surface area contributed by atoms with Gasteiger partial charge in [0.15, 0.2) is 0 Å². The Bertz CT molecular complexity index is 203. The lowest BCUT2D eigenvalue weighted by atomic mass is 10.7. The fraction of sp³-hybridized carbons (Fsp3) is 0.600. The van der Waals surface area contributed by atoms with Gasteiger partial charge in [-0.1, -0.05) is 0 Å². The van der Waals surface area contributed by atoms with Crippen LogP contribution in [0.1, 0.15) is 11.6 Å². The zero-order valence-corrected chi connectivity index (χ0v) is 5.63. The zero-order valence-electron chi connectivity index (χ0n) is 5.63. The van der Waals surface area contributed by atoms with Gasteiger partial charge in [0.05, 0.1) is 6.67 Å². The first-order valence-corrected chi connectivity index (χ1v) is 2.82. The summed E-state index contributed by atoms with van der Waals surface area (Å²) in [6.45, 7) is 4.14. The van der Waals surface area contributed by atoms with Gasteiger partial charge in [-0.3, -0.25) is 0 Å². The molecule has 0 aliphatic carbocycles. The number of hydrogen-bond acceptors (Lipinski definition) is 3. The van der Waals surface area contributed by atoms with Crippen molar-refractivity contribution in [3.8, 4) is 0 Å². The molecule has 2 N–H and O–H groups in total. The summed E-state index contributed by atoms with van der Waals surface area (Å²) in [5.41, 5.74) is 5.32. The molecule has 0 bridgehead atoms. The first-order chi connectivity index (χ1) is 4.24. The average Bonchev–Trinajstić information content (AvgIpc) is 2.10. The summed E-state index contributed by atoms with van der Waals surface area (Å²) < 4.78 is 1.66. The molecule has 1 heterocycles. The van der Waals surface area contributed by atoms with Gasteiger partial charge in [0.2, 0.25) is 0 Å². The van der Waals surface area contributed by atoms with Crippen LogP contribution in [0.2, 0.25) is 0 Å². The van der Waals surface area contributed by atoms with Crippen molar-refractivity contribution < 1.29 is 0 Å². The molecule has 0 aliphatic rings. The minimum absolute atomic E-state index is 0.409. The Hall–Kier alpha value is -0.900. The first-order valence-electron chi connectivity index (χ1n) is 2.82. The van der Waals surface area contributed by atoms with Crippen LogP contribution >= 0.6 is 0 Å². The average molecular weight is 126 g/mol. The maximum atomic E-state index is 5.32. The standard InChI is InChI=1S/C5H10N4/c1-4-7-5(2)9(3-6)8-4/h3,6H2,1-2H3. The van der Waals surface area contributed by atoms with E-state index >= 15 is 0 Å². The van der Waals surface area contributed by atoms with Crippen LogP contribution in [0.4, 0.5) is 0 Å². The van der Waals surface area contributed by atoms with Crippen LogP contribution in [-0.2, 0) is 6.67 Å². The number of hydrogen-bond donors (Lipinski definition) is 1. The summed E-state index contributed by atoms with van der Waals surface area (Å²) in [5.74, 6) is 1.65. The second-order valence-electron chi connectivity index (χ2n) is 1.89. The lowest BCUT2D eigenvalue weighted by Crippen LogP contribution is -2.10. The van der Waals surface area contributed by atoms with E-state index in [1.54, 1.807) is 4.68 Å². The second kappa shape index (κ2) is 2.14. The molecule has 1 rings (SSSR count). The van der Waals surface area contributed by atoms with Crippen LogP contribution in [0.3, 0.4) is 0 Å². The van der Waals surface area contributed by atoms with Crippen molar-refractivity contribution in [1.82, 2.24) is 14.8 Å². The molecule has 1 aromatic rings. The molecule has 0 fully saturated rings. The maximum absolute atomic E-state index is 5.32. The smallest absolute Gasteiger partial charge is 0.147 e. The van der Waals surface area contributed by atoms with E-state index in [0.29, 0.717) is 6.67 Å². The van der Waals surface area contributed by atoms with Crippen LogP contribution in [0.15, 0.2) is 0 Å². The van der Waals surface area contributed by atoms with E-state index in [1.165, 1.54) is 0 Å². The molecule has 0 radical (unpaired) electrons. The molecule has 0 amide bonds. The molecule has 0 saturated carbocycles. The van der Waals surface area contributed by atoms with Crippen LogP contribution in [0.25, 0.3) is 0 Å². The van der Waals surface area contributed by atoms with Gasteiger partial charge in [-0.25, -0.2) is 9.67 Å². The quantitative estimate of drug-likeness (QED) is 0.567. The predicted octanol–water partition coefficient (Wildman–Crippen LogP) is -0.189. The van der Waals surface area contributed by atoms with Crippen LogP contribution in [0.5, 0.6) is 0 Å². The SMILES string of the molecule is Cc1nc(C)n(CN)n1. The third-order valence-electron chi connectivity index (χ3n) is 1.14. The van der Waals surface area contributed by atoms with Crippen molar-refractivity contribution in [2.45, 2.75) is 20.5 Å². The van der Waals surface area contributed by atoms with Crippen molar-refractivity contribution in [2.75, 3.05) is 0 Å². The molecule has 4 heteroatoms. The Labute approximate surface area is 53.7 Å². The molecule has 50 valence electrons. The second-order valence-corrected chi connectivity index (χ2v) is 1.89. The van der Waals surface area contributed by atoms with Crippen molar-refractivity contribution in [2.24, 2.45) is 5.73 Å². The third-order valence-corrected chi connectivity index (χ3v) is 1.14. The fourth-order valence-corrected chi connectivity index (χ4v) is 0.734. The third kappa shape index (κ3) is 1.08. The fourth-order valence-electron chi connectivity index (χ4n) is 0.734. The van der Waals surface area contributed by atoms with E-state index in [9.17, 15) is 0 Å². The zero-order chi connectivity index (χ0) is 6.85. The molecule has 1 aromatic heterocycles. The largest absolute Gasteiger partial charge is 0.312 e. The Morgan fingerprint density at radius 3 is 2.44 bits per heavy atom. The van der Waals surface area contributed by atoms with Gasteiger partial charge < -0.3 is 5.73 Å². The molecule has 0 aliphatic heterocycles. The molecule has 0 spiro atoms. The van der Waals surface area contributed by atoms with E-state index in [4.69, 9.17) is 5.73 Å². The highest BCUT2D eigenvalue weighted by Crippen LogP contribution is 1.91. The van der Waals surface area contributed by atoms with Crippen LogP contribution in [0, 0.1) is 13.8 Å². The molecular formula is C5H10N4. The molecule has 4 nitrogen and oxygen atoms in total. The van der Waals surface area contributed by atoms with Gasteiger partial charge >= 0.3 is 0 Å². The van der Waals surface area contributed by atoms with Crippen LogP contribution < -0.4 is 5.73 Å². The Balaban J connectivity index is 3.01. The van der Waals surface area contributed by atoms with E-state index in [2.05, 4.69) is 10.1 Å². The molecule has 9 heavy (non-hydrogen) atoms. The number of aromatic nitrogens is 3. The Kier molecular flexibility index (Phi) is 1.48. The summed E-state index contributed by atoms with van der Waals surface area (Å²) in [4.78, 5) is 4.05. The molecule has 0 atom stereocenters. The van der Waals surface area contributed by atoms with Crippen molar-refractivity contribution in [1.29, 1.82) is 0 Å². The number of nitrogens with two attached hydrogens (primary N) is 1. The maximum Gasteiger partial charge on any atom is 0.147 e. The Morgan fingerprint density at radius 2 is 2.22 bits per heavy atom. The van der Waals surface area contributed by atoms with Gasteiger partial charge in [0.25, 0.3) is 0 Å². The summed E-state index contributed by atoms with van der Waals surface area (Å²) in [6.07, 6.45) is 0. The highest BCUT2D eigenvalue weighted by atomic mass is 15.4. The molecule has 0 unspecified atom stereocenters. The van der Waals surface area contributed by atoms with Crippen molar-refractivity contribution >= 4 is 0 Å². The molecule has 0 aromatic carbocycles. The van der Waals surface area contributed by atoms with E-state index in [1.807, 2.05) is 13.8 Å². The summed E-state index contributed by atoms with van der Waals surface area (Å²) in [6, 6.07) is 0. The highest BCUT2D eigenvalue weighted by molar-refractivity contribution is 4.86. The monoisotopic (exact) mass is 126 g/mol. The van der Waals surface area contributed by atoms with Gasteiger partial charge in [-0.15, -0.1) is 0 Å². The lowest BCUT2D eigenvalue weighted by Gasteiger charge is -1.93. The van der Waals surface area contributed by atoms with Crippen molar-refractivity contribution in [3.05, 3.63) is 11.6 Å². The van der Waals surface area contributed by atoms with Crippen molar-refractivity contribution in [3.63, 3.8) is 0 Å². The highest BCUT2D eigenvalue weighted by Gasteiger charge is 1.97.